The Kier molecular flexibility index (Phi) is 4.34. The number of aromatic nitrogens is 2. The van der Waals surface area contributed by atoms with Gasteiger partial charge in [0.1, 0.15) is 5.65 Å². The third-order valence-corrected chi connectivity index (χ3v) is 4.39. The molecule has 2 aromatic heterocycles. The van der Waals surface area contributed by atoms with Crippen molar-refractivity contribution in [1.82, 2.24) is 14.3 Å². The van der Waals surface area contributed by atoms with Crippen LogP contribution in [-0.4, -0.2) is 39.2 Å². The van der Waals surface area contributed by atoms with Crippen molar-refractivity contribution in [2.24, 2.45) is 11.7 Å². The number of fused-ring (bicyclic) bond motifs is 1. The van der Waals surface area contributed by atoms with Crippen LogP contribution >= 0.6 is 11.6 Å². The summed E-state index contributed by atoms with van der Waals surface area (Å²) in [6.45, 7) is 1.08. The van der Waals surface area contributed by atoms with Crippen LogP contribution in [0.2, 0.25) is 5.15 Å². The lowest BCUT2D eigenvalue weighted by Crippen LogP contribution is -2.41. The fraction of sp³-hybridized carbons (Fsp3) is 0.312. The first-order chi connectivity index (χ1) is 11.1. The van der Waals surface area contributed by atoms with Crippen LogP contribution in [0.3, 0.4) is 0 Å². The van der Waals surface area contributed by atoms with E-state index in [1.54, 1.807) is 11.0 Å². The van der Waals surface area contributed by atoms with Gasteiger partial charge in [0.25, 0.3) is 0 Å². The van der Waals surface area contributed by atoms with E-state index in [0.717, 1.165) is 5.65 Å². The quantitative estimate of drug-likeness (QED) is 0.869. The molecule has 0 radical (unpaired) electrons. The van der Waals surface area contributed by atoms with Gasteiger partial charge < -0.3 is 10.6 Å². The lowest BCUT2D eigenvalue weighted by Gasteiger charge is -2.29. The van der Waals surface area contributed by atoms with Gasteiger partial charge in [0, 0.05) is 31.3 Å². The molecule has 120 valence electrons. The summed E-state index contributed by atoms with van der Waals surface area (Å²) in [6, 6.07) is 5.60. The number of hydrogen-bond donors (Lipinski definition) is 1. The Morgan fingerprint density at radius 2 is 2.04 bits per heavy atom. The molecule has 0 spiro atoms. The number of pyridine rings is 1. The summed E-state index contributed by atoms with van der Waals surface area (Å²) in [5, 5.41) is 0.354. The van der Waals surface area contributed by atoms with Gasteiger partial charge in [-0.15, -0.1) is 0 Å². The maximum absolute atomic E-state index is 12.3. The zero-order chi connectivity index (χ0) is 16.4. The molecule has 0 saturated carbocycles. The van der Waals surface area contributed by atoms with Crippen LogP contribution < -0.4 is 5.73 Å². The predicted molar refractivity (Wildman–Crippen MR) is 87.7 cm³/mol. The van der Waals surface area contributed by atoms with Crippen LogP contribution in [0, 0.1) is 5.92 Å². The van der Waals surface area contributed by atoms with Crippen LogP contribution in [0.4, 0.5) is 0 Å². The largest absolute Gasteiger partial charge is 0.369 e. The van der Waals surface area contributed by atoms with E-state index in [4.69, 9.17) is 17.3 Å². The first kappa shape index (κ1) is 15.6. The maximum Gasteiger partial charge on any atom is 0.246 e. The number of amides is 2. The SMILES string of the molecule is NC(=O)C1CCN(C(=O)/C=C/c2c(Cl)nc3ccccn23)CC1. The van der Waals surface area contributed by atoms with Crippen LogP contribution in [0.15, 0.2) is 30.5 Å². The third kappa shape index (κ3) is 3.22. The zero-order valence-electron chi connectivity index (χ0n) is 12.5. The highest BCUT2D eigenvalue weighted by atomic mass is 35.5. The molecular weight excluding hydrogens is 316 g/mol. The molecule has 0 atom stereocenters. The van der Waals surface area contributed by atoms with E-state index in [9.17, 15) is 9.59 Å². The van der Waals surface area contributed by atoms with E-state index in [-0.39, 0.29) is 17.7 Å². The maximum atomic E-state index is 12.3. The van der Waals surface area contributed by atoms with Gasteiger partial charge in [-0.25, -0.2) is 4.98 Å². The van der Waals surface area contributed by atoms with Gasteiger partial charge in [-0.1, -0.05) is 17.7 Å². The minimum absolute atomic E-state index is 0.102. The lowest BCUT2D eigenvalue weighted by molar-refractivity contribution is -0.130. The summed E-state index contributed by atoms with van der Waals surface area (Å²) in [5.74, 6) is -0.517. The number of carbonyl (C=O) groups excluding carboxylic acids is 2. The monoisotopic (exact) mass is 332 g/mol. The number of imidazole rings is 1. The van der Waals surface area contributed by atoms with Crippen molar-refractivity contribution in [1.29, 1.82) is 0 Å². The van der Waals surface area contributed by atoms with Crippen LogP contribution in [0.5, 0.6) is 0 Å². The minimum Gasteiger partial charge on any atom is -0.369 e. The van der Waals surface area contributed by atoms with Gasteiger partial charge in [0.2, 0.25) is 11.8 Å². The Morgan fingerprint density at radius 1 is 1.30 bits per heavy atom. The van der Waals surface area contributed by atoms with Crippen LogP contribution in [-0.2, 0) is 9.59 Å². The van der Waals surface area contributed by atoms with E-state index in [2.05, 4.69) is 4.98 Å². The van der Waals surface area contributed by atoms with Crippen LogP contribution in [0.1, 0.15) is 18.5 Å². The minimum atomic E-state index is -0.287. The number of piperidine rings is 1. The lowest BCUT2D eigenvalue weighted by atomic mass is 9.96. The zero-order valence-corrected chi connectivity index (χ0v) is 13.2. The summed E-state index contributed by atoms with van der Waals surface area (Å²) < 4.78 is 1.82. The molecule has 1 fully saturated rings. The Morgan fingerprint density at radius 3 is 2.74 bits per heavy atom. The first-order valence-electron chi connectivity index (χ1n) is 7.45. The fourth-order valence-electron chi connectivity index (χ4n) is 2.78. The van der Waals surface area contributed by atoms with Crippen molar-refractivity contribution in [3.8, 4) is 0 Å². The number of carbonyl (C=O) groups is 2. The number of primary amides is 1. The Balaban J connectivity index is 1.71. The molecule has 1 aliphatic rings. The van der Waals surface area contributed by atoms with E-state index < -0.39 is 0 Å². The molecule has 0 bridgehead atoms. The highest BCUT2D eigenvalue weighted by Crippen LogP contribution is 2.20. The smallest absolute Gasteiger partial charge is 0.246 e. The third-order valence-electron chi connectivity index (χ3n) is 4.11. The number of likely N-dealkylation sites (tertiary alicyclic amines) is 1. The molecule has 3 heterocycles. The molecule has 0 unspecified atom stereocenters. The highest BCUT2D eigenvalue weighted by Gasteiger charge is 2.24. The highest BCUT2D eigenvalue weighted by molar-refractivity contribution is 6.31. The van der Waals surface area contributed by atoms with Crippen molar-refractivity contribution < 1.29 is 9.59 Å². The van der Waals surface area contributed by atoms with Crippen molar-refractivity contribution >= 4 is 35.1 Å². The van der Waals surface area contributed by atoms with Gasteiger partial charge in [0.15, 0.2) is 5.15 Å². The average molecular weight is 333 g/mol. The molecular formula is C16H17ClN4O2. The molecule has 1 aliphatic heterocycles. The molecule has 0 aromatic carbocycles. The molecule has 2 amide bonds. The van der Waals surface area contributed by atoms with E-state index >= 15 is 0 Å². The van der Waals surface area contributed by atoms with E-state index in [1.165, 1.54) is 6.08 Å². The number of nitrogens with two attached hydrogens (primary N) is 1. The van der Waals surface area contributed by atoms with Gasteiger partial charge in [-0.3, -0.25) is 14.0 Å². The first-order valence-corrected chi connectivity index (χ1v) is 7.83. The standard InChI is InChI=1S/C16H17ClN4O2/c17-15-12(21-8-2-1-3-13(21)19-15)4-5-14(22)20-9-6-11(7-10-20)16(18)23/h1-5,8,11H,6-7,9-10H2,(H2,18,23)/b5-4+. The molecule has 0 aliphatic carbocycles. The normalized spacial score (nSPS) is 16.3. The number of hydrogen-bond acceptors (Lipinski definition) is 3. The molecule has 6 nitrogen and oxygen atoms in total. The predicted octanol–water partition coefficient (Wildman–Crippen LogP) is 1.72. The molecule has 7 heteroatoms. The summed E-state index contributed by atoms with van der Waals surface area (Å²) >= 11 is 6.13. The average Bonchev–Trinajstić information content (AvgIpc) is 2.88. The number of nitrogens with zero attached hydrogens (tertiary/aromatic N) is 3. The van der Waals surface area contributed by atoms with Crippen molar-refractivity contribution in [2.75, 3.05) is 13.1 Å². The summed E-state index contributed by atoms with van der Waals surface area (Å²) in [6.07, 6.45) is 6.24. The van der Waals surface area contributed by atoms with Crippen molar-refractivity contribution in [3.05, 3.63) is 41.3 Å². The van der Waals surface area contributed by atoms with Crippen LogP contribution in [0.25, 0.3) is 11.7 Å². The van der Waals surface area contributed by atoms with Gasteiger partial charge >= 0.3 is 0 Å². The molecule has 2 N–H and O–H groups in total. The summed E-state index contributed by atoms with van der Waals surface area (Å²) in [4.78, 5) is 29.4. The van der Waals surface area contributed by atoms with Crippen molar-refractivity contribution in [3.63, 3.8) is 0 Å². The van der Waals surface area contributed by atoms with Gasteiger partial charge in [-0.2, -0.15) is 0 Å². The number of halogens is 1. The summed E-state index contributed by atoms with van der Waals surface area (Å²) in [7, 11) is 0. The topological polar surface area (TPSA) is 80.7 Å². The summed E-state index contributed by atoms with van der Waals surface area (Å²) in [5.41, 5.74) is 6.70. The second-order valence-electron chi connectivity index (χ2n) is 5.55. The second kappa shape index (κ2) is 6.42. The van der Waals surface area contributed by atoms with Gasteiger partial charge in [-0.05, 0) is 31.1 Å². The molecule has 2 aromatic rings. The molecule has 1 saturated heterocycles. The van der Waals surface area contributed by atoms with E-state index in [1.807, 2.05) is 28.8 Å². The van der Waals surface area contributed by atoms with E-state index in [0.29, 0.717) is 36.8 Å². The molecule has 23 heavy (non-hydrogen) atoms. The number of rotatable bonds is 3. The Hall–Kier alpha value is -2.34. The van der Waals surface area contributed by atoms with Gasteiger partial charge in [0.05, 0.1) is 5.69 Å². The van der Waals surface area contributed by atoms with Crippen molar-refractivity contribution in [2.45, 2.75) is 12.8 Å². The Labute approximate surface area is 138 Å². The fourth-order valence-corrected chi connectivity index (χ4v) is 3.02. The second-order valence-corrected chi connectivity index (χ2v) is 5.91. The Bertz CT molecular complexity index is 775. The molecule has 3 rings (SSSR count).